The molecule has 2 aliphatic rings. The summed E-state index contributed by atoms with van der Waals surface area (Å²) in [5.41, 5.74) is 5.88. The SMILES string of the molecule is C[C@H](Sc1nc2c(c(=O)n1CCc1ccccc1)C1(CCCCC1)Cc1ccccc1-2)C(=O)Nc1ccccc1. The minimum atomic E-state index is -0.435. The topological polar surface area (TPSA) is 64.0 Å². The highest BCUT2D eigenvalue weighted by Gasteiger charge is 2.43. The normalized spacial score (nSPS) is 16.1. The molecule has 3 aromatic carbocycles. The van der Waals surface area contributed by atoms with Crippen molar-refractivity contribution in [2.24, 2.45) is 0 Å². The number of aryl methyl sites for hydroxylation is 1. The lowest BCUT2D eigenvalue weighted by molar-refractivity contribution is -0.115. The third-order valence-corrected chi connectivity index (χ3v) is 9.53. The monoisotopic (exact) mass is 549 g/mol. The summed E-state index contributed by atoms with van der Waals surface area (Å²) in [7, 11) is 0. The van der Waals surface area contributed by atoms with Gasteiger partial charge >= 0.3 is 0 Å². The molecule has 2 aliphatic carbocycles. The number of carbonyl (C=O) groups is 1. The first-order chi connectivity index (χ1) is 19.5. The zero-order valence-electron chi connectivity index (χ0n) is 22.9. The first kappa shape index (κ1) is 26.6. The number of amides is 1. The van der Waals surface area contributed by atoms with E-state index >= 15 is 0 Å². The molecule has 0 saturated heterocycles. The van der Waals surface area contributed by atoms with Crippen molar-refractivity contribution in [3.05, 3.63) is 112 Å². The van der Waals surface area contributed by atoms with Crippen LogP contribution in [0.5, 0.6) is 0 Å². The van der Waals surface area contributed by atoms with Crippen LogP contribution in [-0.4, -0.2) is 20.7 Å². The molecule has 5 nitrogen and oxygen atoms in total. The molecule has 1 aromatic heterocycles. The number of carbonyl (C=O) groups excluding carboxylic acids is 1. The maximum atomic E-state index is 14.6. The van der Waals surface area contributed by atoms with E-state index in [0.717, 1.165) is 61.0 Å². The zero-order chi connectivity index (χ0) is 27.5. The second-order valence-corrected chi connectivity index (χ2v) is 12.4. The summed E-state index contributed by atoms with van der Waals surface area (Å²) in [5.74, 6) is -0.109. The summed E-state index contributed by atoms with van der Waals surface area (Å²) in [6.07, 6.45) is 7.16. The Bertz CT molecular complexity index is 1560. The summed E-state index contributed by atoms with van der Waals surface area (Å²) in [6.45, 7) is 2.41. The molecule has 1 heterocycles. The Morgan fingerprint density at radius 1 is 0.950 bits per heavy atom. The van der Waals surface area contributed by atoms with E-state index in [-0.39, 0.29) is 16.9 Å². The molecule has 1 N–H and O–H groups in total. The van der Waals surface area contributed by atoms with Crippen molar-refractivity contribution >= 4 is 23.4 Å². The van der Waals surface area contributed by atoms with Crippen LogP contribution in [0, 0.1) is 0 Å². The molecule has 1 amide bonds. The van der Waals surface area contributed by atoms with Gasteiger partial charge in [-0.2, -0.15) is 0 Å². The van der Waals surface area contributed by atoms with E-state index in [4.69, 9.17) is 4.98 Å². The average molecular weight is 550 g/mol. The van der Waals surface area contributed by atoms with Gasteiger partial charge in [0.2, 0.25) is 5.91 Å². The number of hydrogen-bond acceptors (Lipinski definition) is 4. The number of nitrogens with one attached hydrogen (secondary N) is 1. The fraction of sp³-hybridized carbons (Fsp3) is 0.324. The molecule has 1 fully saturated rings. The van der Waals surface area contributed by atoms with Gasteiger partial charge in [-0.15, -0.1) is 0 Å². The number of anilines is 1. The minimum absolute atomic E-state index is 0.0653. The van der Waals surface area contributed by atoms with E-state index in [2.05, 4.69) is 35.6 Å². The number of hydrogen-bond donors (Lipinski definition) is 1. The van der Waals surface area contributed by atoms with Gasteiger partial charge in [-0.1, -0.05) is 104 Å². The number of benzene rings is 3. The lowest BCUT2D eigenvalue weighted by Crippen LogP contribution is -2.43. The molecule has 0 aliphatic heterocycles. The number of aromatic nitrogens is 2. The summed E-state index contributed by atoms with van der Waals surface area (Å²) in [4.78, 5) is 33.0. The Kier molecular flexibility index (Phi) is 7.61. The smallest absolute Gasteiger partial charge is 0.258 e. The first-order valence-corrected chi connectivity index (χ1v) is 15.2. The van der Waals surface area contributed by atoms with Gasteiger partial charge < -0.3 is 5.32 Å². The quantitative estimate of drug-likeness (QED) is 0.199. The maximum absolute atomic E-state index is 14.6. The Hall–Kier alpha value is -3.64. The molecule has 1 saturated carbocycles. The van der Waals surface area contributed by atoms with Gasteiger partial charge in [-0.3, -0.25) is 14.2 Å². The molecule has 6 heteroatoms. The standard InChI is InChI=1S/C34H35N3O2S/c1-24(31(38)35-27-16-7-3-8-17-27)40-33-36-30-28-18-10-9-15-26(28)23-34(20-11-4-12-21-34)29(30)32(39)37(33)22-19-25-13-5-2-6-14-25/h2-3,5-10,13-18,24H,4,11-12,19-23H2,1H3,(H,35,38)/t24-/m0/s1. The van der Waals surface area contributed by atoms with Crippen LogP contribution in [-0.2, 0) is 29.6 Å². The predicted octanol–water partition coefficient (Wildman–Crippen LogP) is 7.03. The van der Waals surface area contributed by atoms with Crippen LogP contribution in [0.25, 0.3) is 11.3 Å². The van der Waals surface area contributed by atoms with Gasteiger partial charge in [0.1, 0.15) is 0 Å². The highest BCUT2D eigenvalue weighted by molar-refractivity contribution is 8.00. The zero-order valence-corrected chi connectivity index (χ0v) is 23.8. The summed E-state index contributed by atoms with van der Waals surface area (Å²) in [6, 6.07) is 28.2. The molecule has 6 rings (SSSR count). The van der Waals surface area contributed by atoms with Gasteiger partial charge in [-0.25, -0.2) is 4.98 Å². The van der Waals surface area contributed by atoms with E-state index in [1.54, 1.807) is 0 Å². The maximum Gasteiger partial charge on any atom is 0.258 e. The lowest BCUT2D eigenvalue weighted by Gasteiger charge is -2.42. The largest absolute Gasteiger partial charge is 0.325 e. The molecule has 0 radical (unpaired) electrons. The van der Waals surface area contributed by atoms with E-state index < -0.39 is 5.25 Å². The Labute approximate surface area is 240 Å². The second kappa shape index (κ2) is 11.5. The first-order valence-electron chi connectivity index (χ1n) is 14.3. The van der Waals surface area contributed by atoms with Gasteiger partial charge in [0, 0.05) is 23.2 Å². The minimum Gasteiger partial charge on any atom is -0.325 e. The van der Waals surface area contributed by atoms with E-state index in [9.17, 15) is 9.59 Å². The van der Waals surface area contributed by atoms with Crippen molar-refractivity contribution in [3.8, 4) is 11.3 Å². The van der Waals surface area contributed by atoms with E-state index in [1.165, 1.54) is 29.3 Å². The molecule has 4 aromatic rings. The number of nitrogens with zero attached hydrogens (tertiary/aromatic N) is 2. The molecular weight excluding hydrogens is 514 g/mol. The third-order valence-electron chi connectivity index (χ3n) is 8.44. The van der Waals surface area contributed by atoms with Crippen LogP contribution in [0.2, 0.25) is 0 Å². The van der Waals surface area contributed by atoms with E-state index in [1.807, 2.05) is 66.1 Å². The fourth-order valence-corrected chi connectivity index (χ4v) is 7.30. The molecule has 40 heavy (non-hydrogen) atoms. The van der Waals surface area contributed by atoms with Crippen LogP contribution < -0.4 is 10.9 Å². The molecule has 1 spiro atoms. The van der Waals surface area contributed by atoms with Crippen LogP contribution in [0.4, 0.5) is 5.69 Å². The summed E-state index contributed by atoms with van der Waals surface area (Å²) >= 11 is 1.37. The van der Waals surface area contributed by atoms with Gasteiger partial charge in [0.05, 0.1) is 16.5 Å². The van der Waals surface area contributed by atoms with Crippen molar-refractivity contribution in [2.45, 2.75) is 74.2 Å². The van der Waals surface area contributed by atoms with Crippen LogP contribution in [0.15, 0.2) is 94.9 Å². The van der Waals surface area contributed by atoms with Crippen molar-refractivity contribution in [2.75, 3.05) is 5.32 Å². The molecule has 204 valence electrons. The van der Waals surface area contributed by atoms with E-state index in [0.29, 0.717) is 11.7 Å². The number of para-hydroxylation sites is 1. The molecule has 0 unspecified atom stereocenters. The number of fused-ring (bicyclic) bond motifs is 4. The average Bonchev–Trinajstić information content (AvgIpc) is 2.98. The van der Waals surface area contributed by atoms with Gasteiger partial charge in [0.25, 0.3) is 5.56 Å². The fourth-order valence-electron chi connectivity index (χ4n) is 6.37. The van der Waals surface area contributed by atoms with Crippen molar-refractivity contribution < 1.29 is 4.79 Å². The Morgan fingerprint density at radius 2 is 1.62 bits per heavy atom. The van der Waals surface area contributed by atoms with Gasteiger partial charge in [-0.05, 0) is 55.9 Å². The predicted molar refractivity (Wildman–Crippen MR) is 163 cm³/mol. The van der Waals surface area contributed by atoms with Gasteiger partial charge in [0.15, 0.2) is 5.16 Å². The second-order valence-electron chi connectivity index (χ2n) is 11.1. The summed E-state index contributed by atoms with van der Waals surface area (Å²) < 4.78 is 1.85. The van der Waals surface area contributed by atoms with Crippen LogP contribution in [0.3, 0.4) is 0 Å². The van der Waals surface area contributed by atoms with Crippen LogP contribution >= 0.6 is 11.8 Å². The summed E-state index contributed by atoms with van der Waals surface area (Å²) in [5, 5.41) is 3.18. The molecular formula is C34H35N3O2S. The number of thioether (sulfide) groups is 1. The van der Waals surface area contributed by atoms with Crippen molar-refractivity contribution in [3.63, 3.8) is 0 Å². The van der Waals surface area contributed by atoms with Crippen molar-refractivity contribution in [1.29, 1.82) is 0 Å². The van der Waals surface area contributed by atoms with Crippen LogP contribution in [0.1, 0.15) is 55.7 Å². The molecule has 0 bridgehead atoms. The number of rotatable bonds is 7. The highest BCUT2D eigenvalue weighted by atomic mass is 32.2. The third kappa shape index (κ3) is 5.25. The lowest BCUT2D eigenvalue weighted by atomic mass is 9.62. The Balaban J connectivity index is 1.43. The highest BCUT2D eigenvalue weighted by Crippen LogP contribution is 2.49. The molecule has 1 atom stereocenters. The Morgan fingerprint density at radius 3 is 2.38 bits per heavy atom. The van der Waals surface area contributed by atoms with Crippen molar-refractivity contribution in [1.82, 2.24) is 9.55 Å².